The van der Waals surface area contributed by atoms with Crippen molar-refractivity contribution >= 4 is 31.6 Å². The van der Waals surface area contributed by atoms with Crippen molar-refractivity contribution in [2.75, 3.05) is 38.1 Å². The molecule has 208 valence electrons. The second-order valence-corrected chi connectivity index (χ2v) is 14.3. The van der Waals surface area contributed by atoms with Gasteiger partial charge in [-0.1, -0.05) is 13.0 Å². The number of carbonyl (C=O) groups excluding carboxylic acids is 1. The van der Waals surface area contributed by atoms with E-state index in [4.69, 9.17) is 4.74 Å². The second kappa shape index (κ2) is 11.8. The van der Waals surface area contributed by atoms with Crippen LogP contribution in [0.5, 0.6) is 0 Å². The minimum atomic E-state index is -4.10. The molecule has 1 N–H and O–H groups in total. The first kappa shape index (κ1) is 28.7. The van der Waals surface area contributed by atoms with Crippen LogP contribution < -0.4 is 5.32 Å². The number of carbonyl (C=O) groups is 1. The summed E-state index contributed by atoms with van der Waals surface area (Å²) in [6, 6.07) is 10.9. The summed E-state index contributed by atoms with van der Waals surface area (Å²) in [5.41, 5.74) is 2.57. The topological polar surface area (TPSA) is 113 Å². The van der Waals surface area contributed by atoms with E-state index in [0.29, 0.717) is 37.7 Å². The largest absolute Gasteiger partial charge is 0.377 e. The van der Waals surface area contributed by atoms with Crippen molar-refractivity contribution < 1.29 is 26.4 Å². The van der Waals surface area contributed by atoms with Gasteiger partial charge < -0.3 is 10.1 Å². The van der Waals surface area contributed by atoms with E-state index in [1.54, 1.807) is 0 Å². The summed E-state index contributed by atoms with van der Waals surface area (Å²) in [7, 11) is -7.81. The molecule has 0 bridgehead atoms. The number of benzene rings is 2. The van der Waals surface area contributed by atoms with Crippen LogP contribution in [0.15, 0.2) is 52.3 Å². The van der Waals surface area contributed by atoms with Crippen molar-refractivity contribution in [2.24, 2.45) is 5.92 Å². The summed E-state index contributed by atoms with van der Waals surface area (Å²) in [6.07, 6.45) is 2.83. The summed E-state index contributed by atoms with van der Waals surface area (Å²) in [5.74, 6) is 0.0195. The van der Waals surface area contributed by atoms with Gasteiger partial charge in [-0.3, -0.25) is 4.79 Å². The Morgan fingerprint density at radius 3 is 2.16 bits per heavy atom. The lowest BCUT2D eigenvalue weighted by molar-refractivity contribution is -0.116. The van der Waals surface area contributed by atoms with Crippen LogP contribution >= 0.6 is 0 Å². The summed E-state index contributed by atoms with van der Waals surface area (Å²) < 4.78 is 61.7. The highest BCUT2D eigenvalue weighted by atomic mass is 32.2. The average molecular weight is 564 g/mol. The lowest BCUT2D eigenvalue weighted by atomic mass is 10.0. The van der Waals surface area contributed by atoms with Crippen molar-refractivity contribution in [3.8, 4) is 0 Å². The van der Waals surface area contributed by atoms with E-state index in [-0.39, 0.29) is 29.0 Å². The molecule has 2 aromatic carbocycles. The Kier molecular flexibility index (Phi) is 8.93. The molecule has 0 radical (unpaired) electrons. The SMILES string of the molecule is Cc1cc(C)cc(NC(=O)CN(CC2CCCO2)S(=O)(=O)c2ccc(S(=O)(=O)N3CCC(C)CC3)cc2)c1. The third-order valence-corrected chi connectivity index (χ3v) is 10.8. The molecule has 2 aliphatic rings. The Labute approximate surface area is 226 Å². The Morgan fingerprint density at radius 2 is 1.58 bits per heavy atom. The molecule has 38 heavy (non-hydrogen) atoms. The third-order valence-electron chi connectivity index (χ3n) is 7.10. The molecule has 1 unspecified atom stereocenters. The van der Waals surface area contributed by atoms with Crippen molar-refractivity contribution in [1.29, 1.82) is 0 Å². The fraction of sp³-hybridized carbons (Fsp3) is 0.519. The van der Waals surface area contributed by atoms with Crippen LogP contribution in [0.3, 0.4) is 0 Å². The highest BCUT2D eigenvalue weighted by Gasteiger charge is 2.32. The molecule has 0 aliphatic carbocycles. The first-order valence-electron chi connectivity index (χ1n) is 13.1. The predicted octanol–water partition coefficient (Wildman–Crippen LogP) is 3.53. The Bertz CT molecular complexity index is 1330. The number of piperidine rings is 1. The number of sulfonamides is 2. The lowest BCUT2D eigenvalue weighted by Crippen LogP contribution is -2.42. The summed E-state index contributed by atoms with van der Waals surface area (Å²) >= 11 is 0. The number of aryl methyl sites for hydroxylation is 2. The van der Waals surface area contributed by atoms with Gasteiger partial charge in [-0.25, -0.2) is 16.8 Å². The van der Waals surface area contributed by atoms with E-state index < -0.39 is 26.0 Å². The highest BCUT2D eigenvalue weighted by molar-refractivity contribution is 7.89. The van der Waals surface area contributed by atoms with Gasteiger partial charge in [0.2, 0.25) is 26.0 Å². The second-order valence-electron chi connectivity index (χ2n) is 10.4. The van der Waals surface area contributed by atoms with Crippen LogP contribution in [0.2, 0.25) is 0 Å². The van der Waals surface area contributed by atoms with Crippen molar-refractivity contribution in [3.05, 3.63) is 53.6 Å². The number of ether oxygens (including phenoxy) is 1. The normalized spacial score (nSPS) is 19.6. The van der Waals surface area contributed by atoms with Crippen LogP contribution in [0, 0.1) is 19.8 Å². The fourth-order valence-electron chi connectivity index (χ4n) is 4.98. The molecule has 0 spiro atoms. The molecular weight excluding hydrogens is 526 g/mol. The third kappa shape index (κ3) is 6.81. The van der Waals surface area contributed by atoms with Gasteiger partial charge in [0.05, 0.1) is 22.4 Å². The maximum atomic E-state index is 13.6. The van der Waals surface area contributed by atoms with Gasteiger partial charge >= 0.3 is 0 Å². The Morgan fingerprint density at radius 1 is 0.974 bits per heavy atom. The van der Waals surface area contributed by atoms with E-state index in [0.717, 1.165) is 34.7 Å². The number of anilines is 1. The minimum Gasteiger partial charge on any atom is -0.377 e. The van der Waals surface area contributed by atoms with Crippen LogP contribution in [-0.2, 0) is 29.6 Å². The van der Waals surface area contributed by atoms with Gasteiger partial charge in [0.25, 0.3) is 0 Å². The summed E-state index contributed by atoms with van der Waals surface area (Å²) in [5, 5.41) is 2.80. The quantitative estimate of drug-likeness (QED) is 0.500. The number of nitrogens with zero attached hydrogens (tertiary/aromatic N) is 2. The van der Waals surface area contributed by atoms with Crippen LogP contribution in [0.25, 0.3) is 0 Å². The average Bonchev–Trinajstić information content (AvgIpc) is 3.36. The molecule has 9 nitrogen and oxygen atoms in total. The van der Waals surface area contributed by atoms with Crippen LogP contribution in [0.4, 0.5) is 5.69 Å². The molecular formula is C27H37N3O6S2. The first-order chi connectivity index (χ1) is 17.9. The number of hydrogen-bond donors (Lipinski definition) is 1. The first-order valence-corrected chi connectivity index (χ1v) is 15.9. The molecule has 2 aromatic rings. The molecule has 2 heterocycles. The monoisotopic (exact) mass is 563 g/mol. The standard InChI is InChI=1S/C27H37N3O6S2/c1-20-10-12-29(13-11-20)37(32,33)25-6-8-26(9-7-25)38(34,35)30(18-24-5-4-14-36-24)19-27(31)28-23-16-21(2)15-22(3)17-23/h6-9,15-17,20,24H,4-5,10-14,18-19H2,1-3H3,(H,28,31). The molecule has 0 saturated carbocycles. The summed E-state index contributed by atoms with van der Waals surface area (Å²) in [6.45, 7) is 7.06. The van der Waals surface area contributed by atoms with Crippen LogP contribution in [0.1, 0.15) is 43.7 Å². The predicted molar refractivity (Wildman–Crippen MR) is 146 cm³/mol. The zero-order valence-corrected chi connectivity index (χ0v) is 23.9. The molecule has 1 amide bonds. The molecule has 2 saturated heterocycles. The molecule has 1 atom stereocenters. The Hall–Kier alpha value is -2.31. The molecule has 2 fully saturated rings. The number of rotatable bonds is 9. The van der Waals surface area contributed by atoms with Crippen molar-refractivity contribution in [2.45, 2.75) is 62.3 Å². The molecule has 2 aliphatic heterocycles. The molecule has 11 heteroatoms. The molecule has 4 rings (SSSR count). The maximum Gasteiger partial charge on any atom is 0.243 e. The van der Waals surface area contributed by atoms with Crippen molar-refractivity contribution in [3.63, 3.8) is 0 Å². The maximum absolute atomic E-state index is 13.6. The van der Waals surface area contributed by atoms with Gasteiger partial charge in [0.15, 0.2) is 0 Å². The number of hydrogen-bond acceptors (Lipinski definition) is 6. The van der Waals surface area contributed by atoms with E-state index in [2.05, 4.69) is 12.2 Å². The van der Waals surface area contributed by atoms with Gasteiger partial charge in [0, 0.05) is 31.9 Å². The van der Waals surface area contributed by atoms with Gasteiger partial charge in [-0.15, -0.1) is 0 Å². The van der Waals surface area contributed by atoms with Gasteiger partial charge in [-0.05, 0) is 93.0 Å². The van der Waals surface area contributed by atoms with Crippen LogP contribution in [-0.4, -0.2) is 70.2 Å². The lowest BCUT2D eigenvalue weighted by Gasteiger charge is -2.29. The van der Waals surface area contributed by atoms with Crippen molar-refractivity contribution in [1.82, 2.24) is 8.61 Å². The number of nitrogens with one attached hydrogen (secondary N) is 1. The van der Waals surface area contributed by atoms with E-state index in [1.165, 1.54) is 28.6 Å². The zero-order valence-electron chi connectivity index (χ0n) is 22.2. The van der Waals surface area contributed by atoms with E-state index in [1.807, 2.05) is 32.0 Å². The molecule has 0 aromatic heterocycles. The smallest absolute Gasteiger partial charge is 0.243 e. The zero-order chi connectivity index (χ0) is 27.5. The van der Waals surface area contributed by atoms with E-state index in [9.17, 15) is 21.6 Å². The summed E-state index contributed by atoms with van der Waals surface area (Å²) in [4.78, 5) is 12.9. The Balaban J connectivity index is 1.54. The fourth-order valence-corrected chi connectivity index (χ4v) is 7.88. The van der Waals surface area contributed by atoms with Gasteiger partial charge in [0.1, 0.15) is 0 Å². The van der Waals surface area contributed by atoms with E-state index >= 15 is 0 Å². The minimum absolute atomic E-state index is 0.0363. The van der Waals surface area contributed by atoms with Gasteiger partial charge in [-0.2, -0.15) is 8.61 Å². The number of amides is 1. The highest BCUT2D eigenvalue weighted by Crippen LogP contribution is 2.26.